The van der Waals surface area contributed by atoms with E-state index in [2.05, 4.69) is 20.2 Å². The smallest absolute Gasteiger partial charge is 0.251 e. The van der Waals surface area contributed by atoms with Crippen LogP contribution in [-0.2, 0) is 6.54 Å². The van der Waals surface area contributed by atoms with E-state index in [1.807, 2.05) is 36.5 Å². The maximum Gasteiger partial charge on any atom is 0.251 e. The fourth-order valence-corrected chi connectivity index (χ4v) is 3.77. The third-order valence-corrected chi connectivity index (χ3v) is 5.10. The Bertz CT molecular complexity index is 870. The first-order valence-electron chi connectivity index (χ1n) is 8.11. The fourth-order valence-electron chi connectivity index (χ4n) is 3.06. The molecule has 1 aromatic carbocycles. The number of nitrogens with one attached hydrogen (secondary N) is 1. The van der Waals surface area contributed by atoms with Gasteiger partial charge in [0, 0.05) is 37.0 Å². The van der Waals surface area contributed by atoms with Crippen molar-refractivity contribution in [3.63, 3.8) is 0 Å². The van der Waals surface area contributed by atoms with Crippen LogP contribution in [0.15, 0.2) is 42.0 Å². The Balaban J connectivity index is 1.49. The van der Waals surface area contributed by atoms with E-state index >= 15 is 0 Å². The third kappa shape index (κ3) is 2.97. The summed E-state index contributed by atoms with van der Waals surface area (Å²) in [7, 11) is 0. The number of carbonyl (C=O) groups excluding carboxylic acids is 1. The zero-order valence-electron chi connectivity index (χ0n) is 13.2. The monoisotopic (exact) mass is 338 g/mol. The summed E-state index contributed by atoms with van der Waals surface area (Å²) in [5.41, 5.74) is 4.45. The molecular formula is C18H18N4OS. The Kier molecular flexibility index (Phi) is 4.13. The molecule has 0 unspecified atom stereocenters. The van der Waals surface area contributed by atoms with Gasteiger partial charge in [-0.25, -0.2) is 9.97 Å². The molecule has 0 atom stereocenters. The molecular weight excluding hydrogens is 320 g/mol. The lowest BCUT2D eigenvalue weighted by atomic mass is 10.2. The number of rotatable bonds is 4. The number of nitrogens with zero attached hydrogens (tertiary/aromatic N) is 3. The average molecular weight is 338 g/mol. The molecule has 3 heterocycles. The zero-order valence-corrected chi connectivity index (χ0v) is 14.1. The number of thiazole rings is 1. The summed E-state index contributed by atoms with van der Waals surface area (Å²) in [6.45, 7) is 2.57. The molecule has 0 saturated carbocycles. The summed E-state index contributed by atoms with van der Waals surface area (Å²) in [4.78, 5) is 23.5. The lowest BCUT2D eigenvalue weighted by Crippen LogP contribution is -2.26. The highest BCUT2D eigenvalue weighted by Gasteiger charge is 2.17. The molecule has 6 heteroatoms. The molecule has 0 spiro atoms. The molecule has 2 aromatic heterocycles. The first kappa shape index (κ1) is 15.1. The van der Waals surface area contributed by atoms with Gasteiger partial charge in [-0.05, 0) is 37.1 Å². The number of hydrogen-bond acceptors (Lipinski definition) is 5. The van der Waals surface area contributed by atoms with Crippen LogP contribution < -0.4 is 10.2 Å². The van der Waals surface area contributed by atoms with Crippen molar-refractivity contribution in [3.8, 4) is 0 Å². The minimum Gasteiger partial charge on any atom is -0.356 e. The molecule has 4 rings (SSSR count). The number of amides is 1. The van der Waals surface area contributed by atoms with Gasteiger partial charge in [-0.15, -0.1) is 11.3 Å². The molecule has 5 nitrogen and oxygen atoms in total. The van der Waals surface area contributed by atoms with Crippen molar-refractivity contribution in [1.82, 2.24) is 15.3 Å². The van der Waals surface area contributed by atoms with E-state index in [-0.39, 0.29) is 5.91 Å². The Labute approximate surface area is 144 Å². The van der Waals surface area contributed by atoms with Gasteiger partial charge in [-0.3, -0.25) is 4.79 Å². The maximum absolute atomic E-state index is 12.5. The second-order valence-electron chi connectivity index (χ2n) is 5.90. The van der Waals surface area contributed by atoms with E-state index in [9.17, 15) is 4.79 Å². The minimum absolute atomic E-state index is 0.0680. The van der Waals surface area contributed by atoms with E-state index in [1.54, 1.807) is 16.8 Å². The highest BCUT2D eigenvalue weighted by molar-refractivity contribution is 7.16. The van der Waals surface area contributed by atoms with Crippen LogP contribution in [0, 0.1) is 0 Å². The number of hydrogen-bond donors (Lipinski definition) is 1. The van der Waals surface area contributed by atoms with Crippen molar-refractivity contribution in [2.45, 2.75) is 19.4 Å². The van der Waals surface area contributed by atoms with Crippen molar-refractivity contribution in [3.05, 3.63) is 53.2 Å². The van der Waals surface area contributed by atoms with Crippen LogP contribution in [0.2, 0.25) is 0 Å². The number of benzene rings is 1. The minimum atomic E-state index is -0.0680. The van der Waals surface area contributed by atoms with Crippen molar-refractivity contribution in [1.29, 1.82) is 0 Å². The number of carbonyl (C=O) groups is 1. The lowest BCUT2D eigenvalue weighted by molar-refractivity contribution is 0.0951. The van der Waals surface area contributed by atoms with Gasteiger partial charge in [0.25, 0.3) is 5.91 Å². The van der Waals surface area contributed by atoms with Crippen molar-refractivity contribution in [2.75, 3.05) is 18.0 Å². The van der Waals surface area contributed by atoms with Crippen LogP contribution in [0.3, 0.4) is 0 Å². The Morgan fingerprint density at radius 3 is 2.96 bits per heavy atom. The molecule has 1 amide bonds. The van der Waals surface area contributed by atoms with Gasteiger partial charge in [-0.2, -0.15) is 0 Å². The van der Waals surface area contributed by atoms with E-state index in [0.717, 1.165) is 34.7 Å². The zero-order chi connectivity index (χ0) is 16.4. The second kappa shape index (κ2) is 6.57. The van der Waals surface area contributed by atoms with Gasteiger partial charge in [0.15, 0.2) is 0 Å². The molecule has 122 valence electrons. The number of anilines is 1. The summed E-state index contributed by atoms with van der Waals surface area (Å²) in [6, 6.07) is 9.56. The number of fused-ring (bicyclic) bond motifs is 1. The topological polar surface area (TPSA) is 58.1 Å². The second-order valence-corrected chi connectivity index (χ2v) is 6.78. The molecule has 0 bridgehead atoms. The van der Waals surface area contributed by atoms with Gasteiger partial charge in [0.2, 0.25) is 0 Å². The molecule has 3 aromatic rings. The average Bonchev–Trinajstić information content (AvgIpc) is 3.30. The van der Waals surface area contributed by atoms with Gasteiger partial charge >= 0.3 is 0 Å². The maximum atomic E-state index is 12.5. The van der Waals surface area contributed by atoms with E-state index in [0.29, 0.717) is 12.1 Å². The summed E-state index contributed by atoms with van der Waals surface area (Å²) < 4.78 is 1.03. The van der Waals surface area contributed by atoms with Crippen molar-refractivity contribution >= 4 is 33.3 Å². The van der Waals surface area contributed by atoms with E-state index in [1.165, 1.54) is 12.8 Å². The predicted octanol–water partition coefficient (Wildman–Crippen LogP) is 3.22. The summed E-state index contributed by atoms with van der Waals surface area (Å²) >= 11 is 1.54. The van der Waals surface area contributed by atoms with Crippen LogP contribution >= 0.6 is 11.3 Å². The molecule has 1 aliphatic heterocycles. The van der Waals surface area contributed by atoms with Gasteiger partial charge in [0.1, 0.15) is 5.82 Å². The highest BCUT2D eigenvalue weighted by atomic mass is 32.1. The van der Waals surface area contributed by atoms with Crippen LogP contribution in [0.1, 0.15) is 28.8 Å². The summed E-state index contributed by atoms with van der Waals surface area (Å²) in [5, 5.41) is 3.01. The first-order valence-corrected chi connectivity index (χ1v) is 8.99. The SMILES string of the molecule is O=C(NCc1cccnc1N1CCCC1)c1ccc2ncsc2c1. The molecule has 1 saturated heterocycles. The standard InChI is InChI=1S/C18H18N4OS/c23-18(13-5-6-15-16(10-13)24-12-21-15)20-11-14-4-3-7-19-17(14)22-8-1-2-9-22/h3-7,10,12H,1-2,8-9,11H2,(H,20,23). The van der Waals surface area contributed by atoms with Crippen LogP contribution in [0.5, 0.6) is 0 Å². The molecule has 0 radical (unpaired) electrons. The van der Waals surface area contributed by atoms with Crippen LogP contribution in [0.25, 0.3) is 10.2 Å². The molecule has 24 heavy (non-hydrogen) atoms. The Morgan fingerprint density at radius 2 is 2.08 bits per heavy atom. The molecule has 0 aliphatic carbocycles. The van der Waals surface area contributed by atoms with Gasteiger partial charge < -0.3 is 10.2 Å². The Morgan fingerprint density at radius 1 is 1.21 bits per heavy atom. The van der Waals surface area contributed by atoms with Crippen molar-refractivity contribution in [2.24, 2.45) is 0 Å². The largest absolute Gasteiger partial charge is 0.356 e. The summed E-state index contributed by atoms with van der Waals surface area (Å²) in [6.07, 6.45) is 4.23. The fraction of sp³-hybridized carbons (Fsp3) is 0.278. The first-order chi connectivity index (χ1) is 11.8. The highest BCUT2D eigenvalue weighted by Crippen LogP contribution is 2.22. The molecule has 1 fully saturated rings. The van der Waals surface area contributed by atoms with Gasteiger partial charge in [-0.1, -0.05) is 6.07 Å². The quantitative estimate of drug-likeness (QED) is 0.793. The Hall–Kier alpha value is -2.47. The lowest BCUT2D eigenvalue weighted by Gasteiger charge is -2.20. The summed E-state index contributed by atoms with van der Waals surface area (Å²) in [5.74, 6) is 0.926. The van der Waals surface area contributed by atoms with Gasteiger partial charge in [0.05, 0.1) is 15.7 Å². The van der Waals surface area contributed by atoms with Crippen molar-refractivity contribution < 1.29 is 4.79 Å². The van der Waals surface area contributed by atoms with E-state index in [4.69, 9.17) is 0 Å². The third-order valence-electron chi connectivity index (χ3n) is 4.31. The molecule has 1 aliphatic rings. The van der Waals surface area contributed by atoms with Crippen LogP contribution in [-0.4, -0.2) is 29.0 Å². The van der Waals surface area contributed by atoms with E-state index < -0.39 is 0 Å². The molecule has 1 N–H and O–H groups in total. The predicted molar refractivity (Wildman–Crippen MR) is 96.5 cm³/mol. The number of aromatic nitrogens is 2. The normalized spacial score (nSPS) is 14.2. The number of pyridine rings is 1. The van der Waals surface area contributed by atoms with Crippen LogP contribution in [0.4, 0.5) is 5.82 Å².